The van der Waals surface area contributed by atoms with Crippen LogP contribution in [0.2, 0.25) is 0 Å². The molecule has 1 saturated heterocycles. The van der Waals surface area contributed by atoms with E-state index in [0.29, 0.717) is 26.8 Å². The molecule has 0 aliphatic carbocycles. The molecular weight excluding hydrogens is 402 g/mol. The number of aliphatic carboxylic acids is 1. The summed E-state index contributed by atoms with van der Waals surface area (Å²) in [6, 6.07) is 6.30. The number of carbonyl (C=O) groups excluding carboxylic acids is 1. The Kier molecular flexibility index (Phi) is 7.30. The maximum atomic E-state index is 12.7. The highest BCUT2D eigenvalue weighted by molar-refractivity contribution is 8.26. The monoisotopic (exact) mass is 421 g/mol. The zero-order chi connectivity index (χ0) is 20.8. The van der Waals surface area contributed by atoms with Gasteiger partial charge in [-0.1, -0.05) is 36.1 Å². The third kappa shape index (κ3) is 5.40. The van der Waals surface area contributed by atoms with Crippen molar-refractivity contribution in [1.29, 1.82) is 0 Å². The molecule has 28 heavy (non-hydrogen) atoms. The lowest BCUT2D eigenvalue weighted by Crippen LogP contribution is -2.29. The second-order valence-corrected chi connectivity index (χ2v) is 7.83. The molecule has 1 amide bonds. The number of nitrogens with zero attached hydrogens (tertiary/aromatic N) is 3. The van der Waals surface area contributed by atoms with Crippen molar-refractivity contribution in [2.45, 2.75) is 12.8 Å². The molecule has 0 saturated carbocycles. The average molecular weight is 422 g/mol. The first kappa shape index (κ1) is 21.6. The quantitative estimate of drug-likeness (QED) is 0.296. The van der Waals surface area contributed by atoms with Crippen molar-refractivity contribution < 1.29 is 19.6 Å². The summed E-state index contributed by atoms with van der Waals surface area (Å²) in [5, 5.41) is 20.1. The molecule has 0 radical (unpaired) electrons. The zero-order valence-corrected chi connectivity index (χ0v) is 17.0. The Balaban J connectivity index is 2.36. The topological polar surface area (TPSA) is 104 Å². The Morgan fingerprint density at radius 3 is 2.68 bits per heavy atom. The molecule has 1 fully saturated rings. The second-order valence-electron chi connectivity index (χ2n) is 6.15. The van der Waals surface area contributed by atoms with Crippen LogP contribution in [0.15, 0.2) is 41.4 Å². The summed E-state index contributed by atoms with van der Waals surface area (Å²) in [5.41, 5.74) is 0.824. The summed E-state index contributed by atoms with van der Waals surface area (Å²) in [6.45, 7) is 0.215. The number of nitro groups is 1. The van der Waals surface area contributed by atoms with Gasteiger partial charge in [-0.15, -0.1) is 0 Å². The van der Waals surface area contributed by atoms with Crippen molar-refractivity contribution in [3.8, 4) is 0 Å². The molecule has 2 rings (SSSR count). The lowest BCUT2D eigenvalue weighted by Gasteiger charge is -2.13. The Morgan fingerprint density at radius 2 is 2.07 bits per heavy atom. The van der Waals surface area contributed by atoms with Gasteiger partial charge in [-0.2, -0.15) is 0 Å². The molecule has 1 heterocycles. The second kappa shape index (κ2) is 9.47. The highest BCUT2D eigenvalue weighted by Crippen LogP contribution is 2.35. The van der Waals surface area contributed by atoms with Gasteiger partial charge in [0.15, 0.2) is 0 Å². The minimum Gasteiger partial charge on any atom is -0.481 e. The molecule has 1 aromatic rings. The number of carbonyl (C=O) groups is 2. The van der Waals surface area contributed by atoms with Crippen LogP contribution in [0.3, 0.4) is 0 Å². The van der Waals surface area contributed by atoms with E-state index in [1.54, 1.807) is 49.5 Å². The van der Waals surface area contributed by atoms with Gasteiger partial charge in [-0.05, 0) is 18.6 Å². The molecular formula is C18H19N3O5S2. The van der Waals surface area contributed by atoms with E-state index in [2.05, 4.69) is 0 Å². The van der Waals surface area contributed by atoms with E-state index in [4.69, 9.17) is 17.3 Å². The maximum Gasteiger partial charge on any atom is 0.303 e. The molecule has 10 heteroatoms. The number of carboxylic acids is 1. The van der Waals surface area contributed by atoms with Crippen LogP contribution in [0.4, 0.5) is 5.69 Å². The first-order valence-electron chi connectivity index (χ1n) is 8.30. The number of para-hydroxylation sites is 1. The van der Waals surface area contributed by atoms with Gasteiger partial charge in [0, 0.05) is 44.9 Å². The molecule has 148 valence electrons. The normalized spacial score (nSPS) is 16.0. The maximum absolute atomic E-state index is 12.7. The van der Waals surface area contributed by atoms with Gasteiger partial charge in [0.25, 0.3) is 11.6 Å². The van der Waals surface area contributed by atoms with E-state index < -0.39 is 10.9 Å². The Bertz CT molecular complexity index is 880. The van der Waals surface area contributed by atoms with E-state index >= 15 is 0 Å². The molecule has 0 bridgehead atoms. The minimum absolute atomic E-state index is 0.0574. The fourth-order valence-corrected chi connectivity index (χ4v) is 3.86. The summed E-state index contributed by atoms with van der Waals surface area (Å²) in [5.74, 6) is -1.27. The number of hydrogen-bond donors (Lipinski definition) is 1. The van der Waals surface area contributed by atoms with Crippen LogP contribution in [0.1, 0.15) is 18.4 Å². The number of rotatable bonds is 8. The number of thiocarbonyl (C=S) groups is 1. The Morgan fingerprint density at radius 1 is 1.39 bits per heavy atom. The SMILES string of the molecule is CN(C)C=C(C=C1SC(=S)N(CCCC(=O)O)C1=O)c1ccccc1[N+](=O)[O-]. The van der Waals surface area contributed by atoms with Crippen LogP contribution in [0, 0.1) is 10.1 Å². The third-order valence-electron chi connectivity index (χ3n) is 3.74. The van der Waals surface area contributed by atoms with Crippen LogP contribution >= 0.6 is 24.0 Å². The van der Waals surface area contributed by atoms with Gasteiger partial charge in [0.2, 0.25) is 0 Å². The smallest absolute Gasteiger partial charge is 0.303 e. The van der Waals surface area contributed by atoms with Crippen molar-refractivity contribution in [3.63, 3.8) is 0 Å². The van der Waals surface area contributed by atoms with E-state index in [1.165, 1.54) is 11.0 Å². The Hall–Kier alpha value is -2.72. The van der Waals surface area contributed by atoms with Crippen molar-refractivity contribution in [1.82, 2.24) is 9.80 Å². The number of benzene rings is 1. The summed E-state index contributed by atoms with van der Waals surface area (Å²) in [4.78, 5) is 37.7. The summed E-state index contributed by atoms with van der Waals surface area (Å²) in [7, 11) is 3.56. The van der Waals surface area contributed by atoms with Crippen molar-refractivity contribution in [2.75, 3.05) is 20.6 Å². The van der Waals surface area contributed by atoms with Gasteiger partial charge in [-0.25, -0.2) is 0 Å². The van der Waals surface area contributed by atoms with Gasteiger partial charge in [0.1, 0.15) is 4.32 Å². The standard InChI is InChI=1S/C18H19N3O5S2/c1-19(2)11-12(13-6-3-4-7-14(13)21(25)26)10-15-17(24)20(18(27)28-15)9-5-8-16(22)23/h3-4,6-7,10-11H,5,8-9H2,1-2H3,(H,22,23). The van der Waals surface area contributed by atoms with Crippen LogP contribution < -0.4 is 0 Å². The number of carboxylic acid groups (broad SMARTS) is 1. The van der Waals surface area contributed by atoms with E-state index in [-0.39, 0.29) is 24.6 Å². The predicted octanol–water partition coefficient (Wildman–Crippen LogP) is 3.11. The molecule has 1 aromatic carbocycles. The van der Waals surface area contributed by atoms with Crippen LogP contribution in [-0.2, 0) is 9.59 Å². The molecule has 0 unspecified atom stereocenters. The van der Waals surface area contributed by atoms with Crippen LogP contribution in [0.25, 0.3) is 5.57 Å². The number of amides is 1. The Labute approximate surface area is 171 Å². The number of thioether (sulfide) groups is 1. The molecule has 0 spiro atoms. The van der Waals surface area contributed by atoms with Gasteiger partial charge in [-0.3, -0.25) is 24.6 Å². The van der Waals surface area contributed by atoms with Gasteiger partial charge in [0.05, 0.1) is 15.4 Å². The molecule has 8 nitrogen and oxygen atoms in total. The summed E-state index contributed by atoms with van der Waals surface area (Å²) in [6.07, 6.45) is 3.51. The zero-order valence-electron chi connectivity index (χ0n) is 15.3. The molecule has 1 N–H and O–H groups in total. The van der Waals surface area contributed by atoms with Gasteiger partial charge < -0.3 is 10.0 Å². The first-order valence-corrected chi connectivity index (χ1v) is 9.52. The van der Waals surface area contributed by atoms with Crippen LogP contribution in [-0.4, -0.2) is 56.7 Å². The molecule has 0 atom stereocenters. The van der Waals surface area contributed by atoms with Crippen LogP contribution in [0.5, 0.6) is 0 Å². The van der Waals surface area contributed by atoms with Gasteiger partial charge >= 0.3 is 5.97 Å². The largest absolute Gasteiger partial charge is 0.481 e. The molecule has 1 aliphatic rings. The highest BCUT2D eigenvalue weighted by atomic mass is 32.2. The lowest BCUT2D eigenvalue weighted by atomic mass is 10.0. The average Bonchev–Trinajstić information content (AvgIpc) is 2.88. The fourth-order valence-electron chi connectivity index (χ4n) is 2.56. The number of nitro benzene ring substituents is 1. The summed E-state index contributed by atoms with van der Waals surface area (Å²) < 4.78 is 0.341. The van der Waals surface area contributed by atoms with Crippen molar-refractivity contribution in [3.05, 3.63) is 57.1 Å². The molecule has 0 aromatic heterocycles. The summed E-state index contributed by atoms with van der Waals surface area (Å²) >= 11 is 6.34. The minimum atomic E-state index is -0.937. The first-order chi connectivity index (χ1) is 13.2. The highest BCUT2D eigenvalue weighted by Gasteiger charge is 2.32. The number of hydrogen-bond acceptors (Lipinski definition) is 7. The number of allylic oxidation sites excluding steroid dienone is 2. The van der Waals surface area contributed by atoms with E-state index in [0.717, 1.165) is 11.8 Å². The van der Waals surface area contributed by atoms with Crippen molar-refractivity contribution in [2.24, 2.45) is 0 Å². The fraction of sp³-hybridized carbons (Fsp3) is 0.278. The molecule has 1 aliphatic heterocycles. The van der Waals surface area contributed by atoms with E-state index in [1.807, 2.05) is 0 Å². The lowest BCUT2D eigenvalue weighted by molar-refractivity contribution is -0.385. The predicted molar refractivity (Wildman–Crippen MR) is 112 cm³/mol. The third-order valence-corrected chi connectivity index (χ3v) is 5.12. The van der Waals surface area contributed by atoms with E-state index in [9.17, 15) is 19.7 Å². The van der Waals surface area contributed by atoms with Crippen molar-refractivity contribution >= 4 is 51.4 Å².